The Kier molecular flexibility index (Phi) is 5.50. The summed E-state index contributed by atoms with van der Waals surface area (Å²) in [6, 6.07) is 3.86. The van der Waals surface area contributed by atoms with E-state index in [2.05, 4.69) is 10.3 Å². The number of nitrogens with two attached hydrogens (primary N) is 1. The quantitative estimate of drug-likeness (QED) is 0.749. The molecular weight excluding hydrogens is 202 g/mol. The van der Waals surface area contributed by atoms with Crippen LogP contribution in [-0.4, -0.2) is 23.5 Å². The second kappa shape index (κ2) is 6.95. The maximum atomic E-state index is 11.4. The van der Waals surface area contributed by atoms with Crippen LogP contribution in [0.25, 0.3) is 0 Å². The second-order valence-corrected chi connectivity index (χ2v) is 3.83. The lowest BCUT2D eigenvalue weighted by atomic mass is 10.1. The van der Waals surface area contributed by atoms with Crippen LogP contribution in [0, 0.1) is 0 Å². The van der Waals surface area contributed by atoms with Crippen LogP contribution in [-0.2, 0) is 11.2 Å². The molecule has 0 aromatic carbocycles. The number of nitrogens with zero attached hydrogens (tertiary/aromatic N) is 1. The summed E-state index contributed by atoms with van der Waals surface area (Å²) >= 11 is 0. The van der Waals surface area contributed by atoms with E-state index < -0.39 is 0 Å². The molecule has 1 amide bonds. The maximum absolute atomic E-state index is 11.4. The summed E-state index contributed by atoms with van der Waals surface area (Å²) in [6.45, 7) is 2.62. The molecule has 0 saturated carbocycles. The van der Waals surface area contributed by atoms with Crippen molar-refractivity contribution >= 4 is 5.91 Å². The molecule has 0 spiro atoms. The lowest BCUT2D eigenvalue weighted by molar-refractivity contribution is -0.121. The molecule has 1 unspecified atom stereocenters. The summed E-state index contributed by atoms with van der Waals surface area (Å²) in [5, 5.41) is 2.85. The van der Waals surface area contributed by atoms with E-state index in [-0.39, 0.29) is 11.9 Å². The predicted molar refractivity (Wildman–Crippen MR) is 63.8 cm³/mol. The molecule has 0 saturated heterocycles. The maximum Gasteiger partial charge on any atom is 0.221 e. The Morgan fingerprint density at radius 3 is 3.06 bits per heavy atom. The van der Waals surface area contributed by atoms with Crippen LogP contribution in [0.1, 0.15) is 25.3 Å². The van der Waals surface area contributed by atoms with Gasteiger partial charge in [-0.05, 0) is 24.5 Å². The van der Waals surface area contributed by atoms with E-state index in [1.807, 2.05) is 25.3 Å². The molecule has 0 radical (unpaired) electrons. The van der Waals surface area contributed by atoms with Gasteiger partial charge in [-0.15, -0.1) is 0 Å². The van der Waals surface area contributed by atoms with Gasteiger partial charge in [0, 0.05) is 31.4 Å². The SMILES string of the molecule is CCC(N)CC(=O)NCCc1cccnc1. The molecule has 1 atom stereocenters. The summed E-state index contributed by atoms with van der Waals surface area (Å²) in [5.74, 6) is 0.0261. The molecule has 0 bridgehead atoms. The van der Waals surface area contributed by atoms with E-state index >= 15 is 0 Å². The molecule has 4 nitrogen and oxygen atoms in total. The Bertz CT molecular complexity index is 313. The predicted octanol–water partition coefficient (Wildman–Crippen LogP) is 0.868. The second-order valence-electron chi connectivity index (χ2n) is 3.83. The number of aromatic nitrogens is 1. The van der Waals surface area contributed by atoms with Gasteiger partial charge in [-0.2, -0.15) is 0 Å². The Morgan fingerprint density at radius 1 is 1.62 bits per heavy atom. The topological polar surface area (TPSA) is 68.0 Å². The number of carbonyl (C=O) groups excluding carboxylic acids is 1. The zero-order chi connectivity index (χ0) is 11.8. The zero-order valence-electron chi connectivity index (χ0n) is 9.65. The third-order valence-electron chi connectivity index (χ3n) is 2.43. The van der Waals surface area contributed by atoms with E-state index in [0.29, 0.717) is 13.0 Å². The third kappa shape index (κ3) is 4.89. The van der Waals surface area contributed by atoms with Crippen LogP contribution in [0.5, 0.6) is 0 Å². The molecule has 4 heteroatoms. The van der Waals surface area contributed by atoms with Crippen molar-refractivity contribution in [1.82, 2.24) is 10.3 Å². The minimum Gasteiger partial charge on any atom is -0.356 e. The highest BCUT2D eigenvalue weighted by Crippen LogP contribution is 1.96. The monoisotopic (exact) mass is 221 g/mol. The van der Waals surface area contributed by atoms with Gasteiger partial charge in [-0.1, -0.05) is 13.0 Å². The molecule has 88 valence electrons. The first-order valence-electron chi connectivity index (χ1n) is 5.63. The van der Waals surface area contributed by atoms with Crippen LogP contribution in [0.2, 0.25) is 0 Å². The van der Waals surface area contributed by atoms with Gasteiger partial charge in [0.1, 0.15) is 0 Å². The number of hydrogen-bond acceptors (Lipinski definition) is 3. The van der Waals surface area contributed by atoms with Crippen molar-refractivity contribution in [1.29, 1.82) is 0 Å². The van der Waals surface area contributed by atoms with Gasteiger partial charge in [-0.3, -0.25) is 9.78 Å². The molecule has 3 N–H and O–H groups in total. The average Bonchev–Trinajstić information content (AvgIpc) is 2.30. The first kappa shape index (κ1) is 12.6. The summed E-state index contributed by atoms with van der Waals surface area (Å²) in [7, 11) is 0. The molecular formula is C12H19N3O. The molecule has 0 fully saturated rings. The molecule has 1 heterocycles. The highest BCUT2D eigenvalue weighted by molar-refractivity contribution is 5.76. The average molecular weight is 221 g/mol. The van der Waals surface area contributed by atoms with Crippen molar-refractivity contribution in [3.05, 3.63) is 30.1 Å². The van der Waals surface area contributed by atoms with Gasteiger partial charge in [0.25, 0.3) is 0 Å². The van der Waals surface area contributed by atoms with Crippen molar-refractivity contribution in [2.24, 2.45) is 5.73 Å². The first-order valence-corrected chi connectivity index (χ1v) is 5.63. The lowest BCUT2D eigenvalue weighted by Gasteiger charge is -2.09. The minimum absolute atomic E-state index is 0.0261. The van der Waals surface area contributed by atoms with E-state index in [9.17, 15) is 4.79 Å². The van der Waals surface area contributed by atoms with Gasteiger partial charge >= 0.3 is 0 Å². The fraction of sp³-hybridized carbons (Fsp3) is 0.500. The molecule has 1 aromatic heterocycles. The number of rotatable bonds is 6. The number of carbonyl (C=O) groups is 1. The lowest BCUT2D eigenvalue weighted by Crippen LogP contribution is -2.32. The van der Waals surface area contributed by atoms with Crippen molar-refractivity contribution in [2.75, 3.05) is 6.54 Å². The van der Waals surface area contributed by atoms with Crippen LogP contribution >= 0.6 is 0 Å². The first-order chi connectivity index (χ1) is 7.72. The summed E-state index contributed by atoms with van der Waals surface area (Å²) in [6.07, 6.45) is 5.59. The van der Waals surface area contributed by atoms with Crippen LogP contribution in [0.4, 0.5) is 0 Å². The number of pyridine rings is 1. The van der Waals surface area contributed by atoms with Crippen LogP contribution < -0.4 is 11.1 Å². The van der Waals surface area contributed by atoms with Gasteiger partial charge in [0.15, 0.2) is 0 Å². The Morgan fingerprint density at radius 2 is 2.44 bits per heavy atom. The summed E-state index contributed by atoms with van der Waals surface area (Å²) in [4.78, 5) is 15.4. The Balaban J connectivity index is 2.18. The molecule has 0 aliphatic heterocycles. The highest BCUT2D eigenvalue weighted by Gasteiger charge is 2.06. The number of nitrogens with one attached hydrogen (secondary N) is 1. The fourth-order valence-electron chi connectivity index (χ4n) is 1.35. The van der Waals surface area contributed by atoms with Crippen molar-refractivity contribution in [2.45, 2.75) is 32.2 Å². The van der Waals surface area contributed by atoms with Gasteiger partial charge in [0.05, 0.1) is 0 Å². The Labute approximate surface area is 96.3 Å². The van der Waals surface area contributed by atoms with Crippen LogP contribution in [0.15, 0.2) is 24.5 Å². The molecule has 16 heavy (non-hydrogen) atoms. The molecule has 0 aliphatic rings. The standard InChI is InChI=1S/C12H19N3O/c1-2-11(13)8-12(16)15-7-5-10-4-3-6-14-9-10/h3-4,6,9,11H,2,5,7-8,13H2,1H3,(H,15,16). The summed E-state index contributed by atoms with van der Waals surface area (Å²) < 4.78 is 0. The third-order valence-corrected chi connectivity index (χ3v) is 2.43. The van der Waals surface area contributed by atoms with E-state index in [0.717, 1.165) is 18.4 Å². The van der Waals surface area contributed by atoms with Gasteiger partial charge in [-0.25, -0.2) is 0 Å². The normalized spacial score (nSPS) is 12.1. The number of amides is 1. The Hall–Kier alpha value is -1.42. The fourth-order valence-corrected chi connectivity index (χ4v) is 1.35. The zero-order valence-corrected chi connectivity index (χ0v) is 9.65. The molecule has 1 aromatic rings. The van der Waals surface area contributed by atoms with Gasteiger partial charge in [0.2, 0.25) is 5.91 Å². The highest BCUT2D eigenvalue weighted by atomic mass is 16.1. The van der Waals surface area contributed by atoms with Crippen molar-refractivity contribution in [3.63, 3.8) is 0 Å². The van der Waals surface area contributed by atoms with E-state index in [1.165, 1.54) is 0 Å². The minimum atomic E-state index is -0.0293. The van der Waals surface area contributed by atoms with Crippen LogP contribution in [0.3, 0.4) is 0 Å². The number of hydrogen-bond donors (Lipinski definition) is 2. The smallest absolute Gasteiger partial charge is 0.221 e. The van der Waals surface area contributed by atoms with Crippen molar-refractivity contribution < 1.29 is 4.79 Å². The molecule has 0 aliphatic carbocycles. The largest absolute Gasteiger partial charge is 0.356 e. The summed E-state index contributed by atoms with van der Waals surface area (Å²) in [5.41, 5.74) is 6.81. The molecule has 1 rings (SSSR count). The van der Waals surface area contributed by atoms with Gasteiger partial charge < -0.3 is 11.1 Å². The van der Waals surface area contributed by atoms with E-state index in [4.69, 9.17) is 5.73 Å². The van der Waals surface area contributed by atoms with E-state index in [1.54, 1.807) is 6.20 Å². The van der Waals surface area contributed by atoms with Crippen molar-refractivity contribution in [3.8, 4) is 0 Å².